The molecule has 8 heteroatoms. The molecule has 1 unspecified atom stereocenters. The second-order valence-electron chi connectivity index (χ2n) is 7.10. The summed E-state index contributed by atoms with van der Waals surface area (Å²) in [5.41, 5.74) is 4.39. The van der Waals surface area contributed by atoms with E-state index in [1.807, 2.05) is 27.7 Å². The molecule has 0 spiro atoms. The first kappa shape index (κ1) is 28.8. The van der Waals surface area contributed by atoms with Gasteiger partial charge in [0, 0.05) is 5.92 Å². The van der Waals surface area contributed by atoms with Crippen molar-refractivity contribution >= 4 is 5.91 Å². The number of nitrogens with zero attached hydrogens (tertiary/aromatic N) is 3. The third-order valence-electron chi connectivity index (χ3n) is 4.56. The Morgan fingerprint density at radius 1 is 1.03 bits per heavy atom. The molecule has 1 atom stereocenters. The van der Waals surface area contributed by atoms with Crippen molar-refractivity contribution in [1.82, 2.24) is 20.7 Å². The molecule has 0 bridgehead atoms. The predicted molar refractivity (Wildman–Crippen MR) is 130 cm³/mol. The van der Waals surface area contributed by atoms with Gasteiger partial charge in [0.1, 0.15) is 17.3 Å². The number of amides is 1. The lowest BCUT2D eigenvalue weighted by Gasteiger charge is -2.16. The first-order chi connectivity index (χ1) is 16.4. The highest BCUT2D eigenvalue weighted by atomic mass is 19.1. The van der Waals surface area contributed by atoms with Crippen molar-refractivity contribution in [2.24, 2.45) is 0 Å². The molecule has 1 aromatic carbocycles. The summed E-state index contributed by atoms with van der Waals surface area (Å²) in [7, 11) is 1.34. The Morgan fingerprint density at radius 2 is 1.62 bits per heavy atom. The van der Waals surface area contributed by atoms with Gasteiger partial charge in [0.05, 0.1) is 29.8 Å². The van der Waals surface area contributed by atoms with Crippen LogP contribution >= 0.6 is 0 Å². The second-order valence-corrected chi connectivity index (χ2v) is 7.10. The van der Waals surface area contributed by atoms with Gasteiger partial charge in [-0.1, -0.05) is 60.1 Å². The summed E-state index contributed by atoms with van der Waals surface area (Å²) in [5, 5.41) is 8.30. The maximum absolute atomic E-state index is 14.1. The highest BCUT2D eigenvalue weighted by Gasteiger charge is 2.20. The minimum Gasteiger partial charge on any atom is -0.277 e. The second kappa shape index (κ2) is 14.8. The number of halogens is 2. The van der Waals surface area contributed by atoms with Gasteiger partial charge >= 0.3 is 0 Å². The van der Waals surface area contributed by atoms with E-state index < -0.39 is 17.5 Å². The van der Waals surface area contributed by atoms with Crippen LogP contribution in [0.15, 0.2) is 42.5 Å². The maximum atomic E-state index is 14.1. The van der Waals surface area contributed by atoms with E-state index in [0.29, 0.717) is 17.8 Å². The van der Waals surface area contributed by atoms with Crippen molar-refractivity contribution in [3.05, 3.63) is 76.7 Å². The lowest BCUT2D eigenvalue weighted by Crippen LogP contribution is -2.23. The fourth-order valence-electron chi connectivity index (χ4n) is 3.06. The monoisotopic (exact) mass is 472 g/mol. The van der Waals surface area contributed by atoms with E-state index in [1.54, 1.807) is 24.3 Å². The van der Waals surface area contributed by atoms with Gasteiger partial charge in [0.25, 0.3) is 5.91 Å². The number of nitrogens with one attached hydrogen (secondary N) is 1. The molecule has 2 heterocycles. The summed E-state index contributed by atoms with van der Waals surface area (Å²) < 4.78 is 28.2. The zero-order valence-corrected chi connectivity index (χ0v) is 20.9. The maximum Gasteiger partial charge on any atom is 0.293 e. The van der Waals surface area contributed by atoms with Crippen molar-refractivity contribution < 1.29 is 18.4 Å². The number of hydroxylamine groups is 1. The van der Waals surface area contributed by atoms with E-state index in [0.717, 1.165) is 5.56 Å². The molecule has 0 aliphatic rings. The van der Waals surface area contributed by atoms with E-state index in [-0.39, 0.29) is 22.9 Å². The van der Waals surface area contributed by atoms with Gasteiger partial charge in [0.15, 0.2) is 0 Å². The molecule has 0 saturated carbocycles. The number of hydrogen-bond donors (Lipinski definition) is 1. The van der Waals surface area contributed by atoms with Crippen LogP contribution in [0.3, 0.4) is 0 Å². The SMILES string of the molecule is CC.CCC.CCc1cc(-c2c(F)cccc2F)nnc1C(C)c1cccc(C(=O)NOC)n1. The molecule has 34 heavy (non-hydrogen) atoms. The minimum absolute atomic E-state index is 0.134. The highest BCUT2D eigenvalue weighted by molar-refractivity contribution is 5.91. The number of aromatic nitrogens is 3. The zero-order chi connectivity index (χ0) is 25.7. The molecule has 1 N–H and O–H groups in total. The fourth-order valence-corrected chi connectivity index (χ4v) is 3.06. The average molecular weight is 473 g/mol. The number of carbonyl (C=O) groups excluding carboxylic acids is 1. The molecular formula is C26H34F2N4O2. The number of pyridine rings is 1. The van der Waals surface area contributed by atoms with Crippen molar-refractivity contribution in [2.45, 2.75) is 60.3 Å². The van der Waals surface area contributed by atoms with E-state index >= 15 is 0 Å². The van der Waals surface area contributed by atoms with Crippen LogP contribution in [0, 0.1) is 11.6 Å². The molecule has 1 amide bonds. The Balaban J connectivity index is 0.00000107. The van der Waals surface area contributed by atoms with E-state index in [4.69, 9.17) is 0 Å². The lowest BCUT2D eigenvalue weighted by molar-refractivity contribution is 0.0532. The van der Waals surface area contributed by atoms with Gasteiger partial charge in [-0.2, -0.15) is 10.2 Å². The first-order valence-electron chi connectivity index (χ1n) is 11.5. The van der Waals surface area contributed by atoms with Crippen LogP contribution in [0.2, 0.25) is 0 Å². The van der Waals surface area contributed by atoms with Crippen LogP contribution in [0.4, 0.5) is 8.78 Å². The van der Waals surface area contributed by atoms with Gasteiger partial charge in [-0.3, -0.25) is 9.63 Å². The fraction of sp³-hybridized carbons (Fsp3) is 0.385. The van der Waals surface area contributed by atoms with E-state index in [2.05, 4.69) is 39.3 Å². The Labute approximate surface area is 200 Å². The summed E-state index contributed by atoms with van der Waals surface area (Å²) in [4.78, 5) is 20.9. The summed E-state index contributed by atoms with van der Waals surface area (Å²) in [6.45, 7) is 12.1. The normalized spacial score (nSPS) is 10.9. The molecule has 0 radical (unpaired) electrons. The van der Waals surface area contributed by atoms with Crippen LogP contribution in [0.5, 0.6) is 0 Å². The Morgan fingerprint density at radius 3 is 2.18 bits per heavy atom. The Hall–Kier alpha value is -3.26. The van der Waals surface area contributed by atoms with Gasteiger partial charge < -0.3 is 0 Å². The molecule has 0 saturated heterocycles. The topological polar surface area (TPSA) is 77.0 Å². The zero-order valence-electron chi connectivity index (χ0n) is 20.9. The molecule has 6 nitrogen and oxygen atoms in total. The van der Waals surface area contributed by atoms with E-state index in [9.17, 15) is 13.6 Å². The van der Waals surface area contributed by atoms with Gasteiger partial charge in [0.2, 0.25) is 0 Å². The van der Waals surface area contributed by atoms with Gasteiger partial charge in [-0.25, -0.2) is 19.2 Å². The van der Waals surface area contributed by atoms with Crippen molar-refractivity contribution in [3.8, 4) is 11.3 Å². The van der Waals surface area contributed by atoms with E-state index in [1.165, 1.54) is 31.7 Å². The first-order valence-corrected chi connectivity index (χ1v) is 11.5. The third-order valence-corrected chi connectivity index (χ3v) is 4.56. The smallest absolute Gasteiger partial charge is 0.277 e. The predicted octanol–water partition coefficient (Wildman–Crippen LogP) is 6.26. The standard InChI is InChI=1S/C21H20F2N4O2.C3H8.C2H6/c1-4-13-11-18(19-14(22)7-5-8-15(19)23)25-26-20(13)12(2)16-9-6-10-17(24-16)21(28)27-29-3;1-3-2;1-2/h5-12H,4H2,1-3H3,(H,27,28);3H2,1-2H3;1-2H3. The van der Waals surface area contributed by atoms with Crippen molar-refractivity contribution in [2.75, 3.05) is 7.11 Å². The highest BCUT2D eigenvalue weighted by Crippen LogP contribution is 2.29. The van der Waals surface area contributed by atoms with Crippen LogP contribution in [0.1, 0.15) is 81.3 Å². The largest absolute Gasteiger partial charge is 0.293 e. The molecule has 3 rings (SSSR count). The van der Waals surface area contributed by atoms with Crippen LogP contribution < -0.4 is 5.48 Å². The molecule has 0 aliphatic heterocycles. The van der Waals surface area contributed by atoms with Gasteiger partial charge in [-0.05, 0) is 42.3 Å². The quantitative estimate of drug-likeness (QED) is 0.428. The number of rotatable bonds is 6. The Kier molecular flexibility index (Phi) is 12.5. The summed E-state index contributed by atoms with van der Waals surface area (Å²) in [6, 6.07) is 10.4. The van der Waals surface area contributed by atoms with Crippen LogP contribution in [0.25, 0.3) is 11.3 Å². The summed E-state index contributed by atoms with van der Waals surface area (Å²) in [6.07, 6.45) is 1.84. The molecule has 2 aromatic heterocycles. The van der Waals surface area contributed by atoms with Crippen molar-refractivity contribution in [1.29, 1.82) is 0 Å². The van der Waals surface area contributed by atoms with Gasteiger partial charge in [-0.15, -0.1) is 0 Å². The number of benzene rings is 1. The summed E-state index contributed by atoms with van der Waals surface area (Å²) >= 11 is 0. The Bertz CT molecular complexity index is 1040. The molecule has 0 aliphatic carbocycles. The minimum atomic E-state index is -0.694. The lowest BCUT2D eigenvalue weighted by atomic mass is 9.96. The number of aryl methyl sites for hydroxylation is 1. The number of hydrogen-bond acceptors (Lipinski definition) is 5. The molecule has 3 aromatic rings. The number of carbonyl (C=O) groups is 1. The average Bonchev–Trinajstić information content (AvgIpc) is 2.85. The molecule has 0 fully saturated rings. The van der Waals surface area contributed by atoms with Crippen LogP contribution in [-0.2, 0) is 11.3 Å². The van der Waals surface area contributed by atoms with Crippen molar-refractivity contribution in [3.63, 3.8) is 0 Å². The molecular weight excluding hydrogens is 438 g/mol. The molecule has 184 valence electrons. The van der Waals surface area contributed by atoms with Crippen LogP contribution in [-0.4, -0.2) is 28.2 Å². The third kappa shape index (κ3) is 7.38. The summed E-state index contributed by atoms with van der Waals surface area (Å²) in [5.74, 6) is -2.14.